The maximum Gasteiger partial charge on any atom is 0.329 e. The van der Waals surface area contributed by atoms with Crippen molar-refractivity contribution in [2.75, 3.05) is 13.1 Å². The second-order valence-corrected chi connectivity index (χ2v) is 3.62. The molecule has 0 aromatic heterocycles. The van der Waals surface area contributed by atoms with Gasteiger partial charge in [-0.3, -0.25) is 4.79 Å². The normalized spacial score (nSPS) is 20.4. The Kier molecular flexibility index (Phi) is 4.05. The first-order valence-electron chi connectivity index (χ1n) is 4.98. The van der Waals surface area contributed by atoms with Crippen molar-refractivity contribution in [3.63, 3.8) is 0 Å². The molecule has 0 spiro atoms. The van der Waals surface area contributed by atoms with Gasteiger partial charge in [-0.05, 0) is 19.4 Å². The van der Waals surface area contributed by atoms with Gasteiger partial charge in [0.25, 0.3) is 0 Å². The number of likely N-dealkylation sites (tertiary alicyclic amines) is 1. The van der Waals surface area contributed by atoms with E-state index in [0.717, 1.165) is 0 Å². The minimum atomic E-state index is -1.17. The summed E-state index contributed by atoms with van der Waals surface area (Å²) >= 11 is 0. The average Bonchev–Trinajstić information content (AvgIpc) is 2.52. The van der Waals surface area contributed by atoms with Crippen molar-refractivity contribution in [2.24, 2.45) is 5.73 Å². The summed E-state index contributed by atoms with van der Waals surface area (Å²) in [6.45, 7) is 0.602. The van der Waals surface area contributed by atoms with E-state index in [1.807, 2.05) is 0 Å². The van der Waals surface area contributed by atoms with Gasteiger partial charge in [0.15, 0.2) is 6.04 Å². The van der Waals surface area contributed by atoms with Crippen molar-refractivity contribution in [1.82, 2.24) is 4.90 Å². The van der Waals surface area contributed by atoms with Crippen LogP contribution < -0.4 is 5.73 Å². The Morgan fingerprint density at radius 1 is 1.60 bits per heavy atom. The molecule has 6 nitrogen and oxygen atoms in total. The van der Waals surface area contributed by atoms with E-state index in [-0.39, 0.29) is 18.9 Å². The number of carbonyl (C=O) groups is 2. The summed E-state index contributed by atoms with van der Waals surface area (Å²) in [5.41, 5.74) is 5.24. The Labute approximate surface area is 87.7 Å². The van der Waals surface area contributed by atoms with E-state index in [1.165, 1.54) is 4.90 Å². The first kappa shape index (κ1) is 11.9. The molecule has 0 saturated carbocycles. The molecule has 86 valence electrons. The zero-order chi connectivity index (χ0) is 11.4. The largest absolute Gasteiger partial charge is 0.480 e. The molecule has 1 heterocycles. The smallest absolute Gasteiger partial charge is 0.329 e. The lowest BCUT2D eigenvalue weighted by Gasteiger charge is -2.27. The summed E-state index contributed by atoms with van der Waals surface area (Å²) < 4.78 is 0. The van der Waals surface area contributed by atoms with Gasteiger partial charge >= 0.3 is 5.97 Å². The fourth-order valence-corrected chi connectivity index (χ4v) is 1.80. The number of nitrogens with zero attached hydrogens (tertiary/aromatic N) is 1. The average molecular weight is 216 g/mol. The summed E-state index contributed by atoms with van der Waals surface area (Å²) in [4.78, 5) is 23.5. The van der Waals surface area contributed by atoms with Crippen LogP contribution in [0.15, 0.2) is 0 Å². The van der Waals surface area contributed by atoms with Crippen molar-refractivity contribution in [3.8, 4) is 0 Å². The van der Waals surface area contributed by atoms with Crippen molar-refractivity contribution in [1.29, 1.82) is 0 Å². The highest BCUT2D eigenvalue weighted by Crippen LogP contribution is 2.17. The highest BCUT2D eigenvalue weighted by atomic mass is 16.4. The second kappa shape index (κ2) is 5.09. The highest BCUT2D eigenvalue weighted by Gasteiger charge is 2.37. The molecule has 0 unspecified atom stereocenters. The van der Waals surface area contributed by atoms with Gasteiger partial charge in [0.05, 0.1) is 6.10 Å². The number of aliphatic hydroxyl groups is 1. The molecule has 0 bridgehead atoms. The number of amides is 1. The summed E-state index contributed by atoms with van der Waals surface area (Å²) in [5, 5.41) is 18.6. The van der Waals surface area contributed by atoms with Crippen molar-refractivity contribution < 1.29 is 19.8 Å². The van der Waals surface area contributed by atoms with Crippen LogP contribution in [0.25, 0.3) is 0 Å². The predicted molar refractivity (Wildman–Crippen MR) is 52.0 cm³/mol. The van der Waals surface area contributed by atoms with Gasteiger partial charge in [-0.1, -0.05) is 0 Å². The lowest BCUT2D eigenvalue weighted by atomic mass is 10.1. The maximum absolute atomic E-state index is 11.3. The fourth-order valence-electron chi connectivity index (χ4n) is 1.80. The van der Waals surface area contributed by atoms with Crippen LogP contribution >= 0.6 is 0 Å². The molecule has 0 radical (unpaired) electrons. The molecule has 4 N–H and O–H groups in total. The first-order chi connectivity index (χ1) is 7.07. The molecule has 1 aliphatic heterocycles. The van der Waals surface area contributed by atoms with Gasteiger partial charge in [-0.2, -0.15) is 0 Å². The van der Waals surface area contributed by atoms with E-state index in [4.69, 9.17) is 10.8 Å². The van der Waals surface area contributed by atoms with Gasteiger partial charge in [0.2, 0.25) is 5.91 Å². The van der Waals surface area contributed by atoms with E-state index in [9.17, 15) is 14.7 Å². The van der Waals surface area contributed by atoms with Crippen molar-refractivity contribution in [3.05, 3.63) is 0 Å². The molecule has 2 atom stereocenters. The number of aliphatic carboxylic acids is 1. The lowest BCUT2D eigenvalue weighted by molar-refractivity contribution is -0.153. The lowest BCUT2D eigenvalue weighted by Crippen LogP contribution is -2.50. The Morgan fingerprint density at radius 2 is 2.27 bits per heavy atom. The Hall–Kier alpha value is -1.14. The van der Waals surface area contributed by atoms with Crippen molar-refractivity contribution in [2.45, 2.75) is 31.4 Å². The molecule has 0 aliphatic carbocycles. The molecule has 1 fully saturated rings. The van der Waals surface area contributed by atoms with Crippen molar-refractivity contribution >= 4 is 11.9 Å². The third kappa shape index (κ3) is 2.66. The van der Waals surface area contributed by atoms with Crippen LogP contribution in [0, 0.1) is 0 Å². The topological polar surface area (TPSA) is 104 Å². The molecular weight excluding hydrogens is 200 g/mol. The Morgan fingerprint density at radius 3 is 2.67 bits per heavy atom. The number of carboxylic acids is 1. The number of nitrogens with two attached hydrogens (primary N) is 1. The van der Waals surface area contributed by atoms with Gasteiger partial charge in [-0.15, -0.1) is 0 Å². The van der Waals surface area contributed by atoms with Crippen LogP contribution in [0.3, 0.4) is 0 Å². The Balaban J connectivity index is 2.72. The standard InChI is InChI=1S/C9H16N2O4/c10-4-3-6(12)8(9(14)15)11-5-1-2-7(11)13/h6,8,12H,1-5,10H2,(H,14,15)/t6-,8+/m1/s1. The van der Waals surface area contributed by atoms with Gasteiger partial charge in [0.1, 0.15) is 0 Å². The Bertz CT molecular complexity index is 256. The zero-order valence-electron chi connectivity index (χ0n) is 8.43. The molecular formula is C9H16N2O4. The van der Waals surface area contributed by atoms with Gasteiger partial charge < -0.3 is 20.8 Å². The number of carboxylic acid groups (broad SMARTS) is 1. The van der Waals surface area contributed by atoms with E-state index in [2.05, 4.69) is 0 Å². The van der Waals surface area contributed by atoms with Crippen LogP contribution in [0.1, 0.15) is 19.3 Å². The summed E-state index contributed by atoms with van der Waals surface area (Å²) in [7, 11) is 0. The van der Waals surface area contributed by atoms with E-state index in [0.29, 0.717) is 19.4 Å². The zero-order valence-corrected chi connectivity index (χ0v) is 8.43. The van der Waals surface area contributed by atoms with E-state index < -0.39 is 18.1 Å². The van der Waals surface area contributed by atoms with Crippen LogP contribution in [-0.2, 0) is 9.59 Å². The van der Waals surface area contributed by atoms with Crippen LogP contribution in [0.5, 0.6) is 0 Å². The molecule has 1 rings (SSSR count). The molecule has 15 heavy (non-hydrogen) atoms. The van der Waals surface area contributed by atoms with Gasteiger partial charge in [0, 0.05) is 13.0 Å². The molecule has 0 aromatic carbocycles. The van der Waals surface area contributed by atoms with Gasteiger partial charge in [-0.25, -0.2) is 4.79 Å². The first-order valence-corrected chi connectivity index (χ1v) is 4.98. The number of aliphatic hydroxyl groups excluding tert-OH is 1. The molecule has 0 aromatic rings. The number of carbonyl (C=O) groups excluding carboxylic acids is 1. The number of rotatable bonds is 5. The highest BCUT2D eigenvalue weighted by molar-refractivity contribution is 5.85. The number of hydrogen-bond acceptors (Lipinski definition) is 4. The molecule has 1 saturated heterocycles. The van der Waals surface area contributed by atoms with Crippen LogP contribution in [-0.4, -0.2) is 52.2 Å². The summed E-state index contributed by atoms with van der Waals surface area (Å²) in [6, 6.07) is -1.15. The van der Waals surface area contributed by atoms with Crippen LogP contribution in [0.2, 0.25) is 0 Å². The summed E-state index contributed by atoms with van der Waals surface area (Å²) in [6.07, 6.45) is 0.104. The molecule has 1 amide bonds. The van der Waals surface area contributed by atoms with E-state index in [1.54, 1.807) is 0 Å². The third-order valence-corrected chi connectivity index (χ3v) is 2.53. The monoisotopic (exact) mass is 216 g/mol. The minimum absolute atomic E-state index is 0.181. The molecule has 1 aliphatic rings. The molecule has 6 heteroatoms. The predicted octanol–water partition coefficient (Wildman–Crippen LogP) is -1.23. The number of hydrogen-bond donors (Lipinski definition) is 3. The SMILES string of the molecule is NCC[C@@H](O)[C@@H](C(=O)O)N1CCCC1=O. The third-order valence-electron chi connectivity index (χ3n) is 2.53. The minimum Gasteiger partial charge on any atom is -0.480 e. The van der Waals surface area contributed by atoms with Crippen LogP contribution in [0.4, 0.5) is 0 Å². The van der Waals surface area contributed by atoms with E-state index >= 15 is 0 Å². The fraction of sp³-hybridized carbons (Fsp3) is 0.778. The second-order valence-electron chi connectivity index (χ2n) is 3.62. The maximum atomic E-state index is 11.3. The quantitative estimate of drug-likeness (QED) is 0.534. The summed E-state index contributed by atoms with van der Waals surface area (Å²) in [5.74, 6) is -1.38.